The zero-order valence-electron chi connectivity index (χ0n) is 15.6. The van der Waals surface area contributed by atoms with Gasteiger partial charge in [-0.3, -0.25) is 9.59 Å². The Kier molecular flexibility index (Phi) is 5.38. The van der Waals surface area contributed by atoms with E-state index in [2.05, 4.69) is 10.2 Å². The van der Waals surface area contributed by atoms with Crippen molar-refractivity contribution in [1.82, 2.24) is 4.90 Å². The fourth-order valence-electron chi connectivity index (χ4n) is 3.31. The molecule has 2 aromatic carbocycles. The zero-order valence-corrected chi connectivity index (χ0v) is 15.6. The first-order valence-electron chi connectivity index (χ1n) is 8.96. The molecule has 0 unspecified atom stereocenters. The predicted octanol–water partition coefficient (Wildman–Crippen LogP) is 3.30. The Balaban J connectivity index is 1.74. The number of fused-ring (bicyclic) bond motifs is 1. The number of carbonyl (C=O) groups is 2. The van der Waals surface area contributed by atoms with Crippen molar-refractivity contribution in [2.45, 2.75) is 26.3 Å². The summed E-state index contributed by atoms with van der Waals surface area (Å²) in [5, 5.41) is 2.97. The van der Waals surface area contributed by atoms with E-state index in [0.29, 0.717) is 18.5 Å². The number of anilines is 2. The molecule has 136 valence electrons. The van der Waals surface area contributed by atoms with Crippen LogP contribution in [0.3, 0.4) is 0 Å². The topological polar surface area (TPSA) is 52.7 Å². The van der Waals surface area contributed by atoms with Gasteiger partial charge in [0.1, 0.15) is 0 Å². The second-order valence-electron chi connectivity index (χ2n) is 6.88. The predicted molar refractivity (Wildman–Crippen MR) is 105 cm³/mol. The van der Waals surface area contributed by atoms with Gasteiger partial charge in [-0.1, -0.05) is 19.1 Å². The summed E-state index contributed by atoms with van der Waals surface area (Å²) in [7, 11) is 4.03. The molecule has 0 bridgehead atoms. The first-order chi connectivity index (χ1) is 12.5. The van der Waals surface area contributed by atoms with Crippen molar-refractivity contribution in [1.29, 1.82) is 0 Å². The van der Waals surface area contributed by atoms with E-state index in [9.17, 15) is 9.59 Å². The number of rotatable bonds is 5. The van der Waals surface area contributed by atoms with Crippen LogP contribution in [0, 0.1) is 0 Å². The molecule has 5 heteroatoms. The van der Waals surface area contributed by atoms with E-state index in [1.54, 1.807) is 6.07 Å². The van der Waals surface area contributed by atoms with Crippen LogP contribution in [0.2, 0.25) is 0 Å². The van der Waals surface area contributed by atoms with Gasteiger partial charge < -0.3 is 15.1 Å². The summed E-state index contributed by atoms with van der Waals surface area (Å²) in [4.78, 5) is 28.5. The Morgan fingerprint density at radius 3 is 2.69 bits per heavy atom. The molecule has 26 heavy (non-hydrogen) atoms. The van der Waals surface area contributed by atoms with Crippen LogP contribution in [0.25, 0.3) is 0 Å². The molecule has 0 saturated carbocycles. The average Bonchev–Trinajstić information content (AvgIpc) is 3.04. The third-order valence-corrected chi connectivity index (χ3v) is 4.52. The highest BCUT2D eigenvalue weighted by atomic mass is 16.2. The van der Waals surface area contributed by atoms with Gasteiger partial charge in [0.2, 0.25) is 5.91 Å². The summed E-state index contributed by atoms with van der Waals surface area (Å²) in [5.41, 5.74) is 4.54. The van der Waals surface area contributed by atoms with Gasteiger partial charge in [-0.25, -0.2) is 0 Å². The summed E-state index contributed by atoms with van der Waals surface area (Å²) >= 11 is 0. The van der Waals surface area contributed by atoms with E-state index >= 15 is 0 Å². The number of hydrogen-bond acceptors (Lipinski definition) is 3. The number of nitrogens with zero attached hydrogens (tertiary/aromatic N) is 2. The monoisotopic (exact) mass is 351 g/mol. The third-order valence-electron chi connectivity index (χ3n) is 4.52. The van der Waals surface area contributed by atoms with Crippen LogP contribution >= 0.6 is 0 Å². The summed E-state index contributed by atoms with van der Waals surface area (Å²) < 4.78 is 0. The van der Waals surface area contributed by atoms with Crippen LogP contribution in [-0.4, -0.2) is 37.4 Å². The maximum absolute atomic E-state index is 12.6. The molecular weight excluding hydrogens is 326 g/mol. The lowest BCUT2D eigenvalue weighted by atomic mass is 10.1. The lowest BCUT2D eigenvalue weighted by Crippen LogP contribution is -2.27. The minimum atomic E-state index is -0.130. The fraction of sp³-hybridized carbons (Fsp3) is 0.333. The first-order valence-corrected chi connectivity index (χ1v) is 8.96. The standard InChI is InChI=1S/C21H25N3O2/c1-4-20(25)24-11-10-16-13-17(8-9-19(16)24)21(26)22-18-7-5-6-15(12-18)14-23(2)3/h5-9,12-13H,4,10-11,14H2,1-3H3,(H,22,26). The molecule has 3 rings (SSSR count). The largest absolute Gasteiger partial charge is 0.322 e. The smallest absolute Gasteiger partial charge is 0.255 e. The van der Waals surface area contributed by atoms with Crippen molar-refractivity contribution in [3.8, 4) is 0 Å². The normalized spacial score (nSPS) is 13.0. The van der Waals surface area contributed by atoms with E-state index in [1.165, 1.54) is 0 Å². The molecule has 0 saturated heterocycles. The average molecular weight is 351 g/mol. The van der Waals surface area contributed by atoms with Crippen molar-refractivity contribution < 1.29 is 9.59 Å². The number of amides is 2. The Bertz CT molecular complexity index is 830. The molecular formula is C21H25N3O2. The van der Waals surface area contributed by atoms with Gasteiger partial charge in [0.05, 0.1) is 0 Å². The molecule has 2 aromatic rings. The molecule has 0 radical (unpaired) electrons. The Labute approximate surface area is 154 Å². The Morgan fingerprint density at radius 1 is 1.15 bits per heavy atom. The van der Waals surface area contributed by atoms with E-state index in [-0.39, 0.29) is 11.8 Å². The number of carbonyl (C=O) groups excluding carboxylic acids is 2. The van der Waals surface area contributed by atoms with E-state index in [4.69, 9.17) is 0 Å². The SMILES string of the molecule is CCC(=O)N1CCc2cc(C(=O)Nc3cccc(CN(C)C)c3)ccc21. The molecule has 0 atom stereocenters. The maximum atomic E-state index is 12.6. The lowest BCUT2D eigenvalue weighted by Gasteiger charge is -2.16. The van der Waals surface area contributed by atoms with Gasteiger partial charge in [0, 0.05) is 36.4 Å². The molecule has 0 spiro atoms. The van der Waals surface area contributed by atoms with Gasteiger partial charge >= 0.3 is 0 Å². The van der Waals surface area contributed by atoms with Crippen molar-refractivity contribution in [3.05, 3.63) is 59.2 Å². The van der Waals surface area contributed by atoms with Crippen molar-refractivity contribution in [2.75, 3.05) is 30.9 Å². The molecule has 0 aromatic heterocycles. The Morgan fingerprint density at radius 2 is 1.96 bits per heavy atom. The second-order valence-corrected chi connectivity index (χ2v) is 6.88. The van der Waals surface area contributed by atoms with Crippen LogP contribution in [-0.2, 0) is 17.8 Å². The molecule has 1 N–H and O–H groups in total. The lowest BCUT2D eigenvalue weighted by molar-refractivity contribution is -0.118. The van der Waals surface area contributed by atoms with E-state index in [1.807, 2.05) is 62.3 Å². The van der Waals surface area contributed by atoms with Crippen molar-refractivity contribution in [2.24, 2.45) is 0 Å². The summed E-state index contributed by atoms with van der Waals surface area (Å²) in [6.07, 6.45) is 1.28. The van der Waals surface area contributed by atoms with Gasteiger partial charge in [-0.15, -0.1) is 0 Å². The highest BCUT2D eigenvalue weighted by molar-refractivity contribution is 6.05. The van der Waals surface area contributed by atoms with Gasteiger partial charge in [0.15, 0.2) is 0 Å². The van der Waals surface area contributed by atoms with Crippen LogP contribution in [0.1, 0.15) is 34.8 Å². The van der Waals surface area contributed by atoms with Crippen LogP contribution in [0.4, 0.5) is 11.4 Å². The van der Waals surface area contributed by atoms with E-state index < -0.39 is 0 Å². The summed E-state index contributed by atoms with van der Waals surface area (Å²) in [5.74, 6) is -0.00581. The first kappa shape index (κ1) is 18.1. The molecule has 5 nitrogen and oxygen atoms in total. The second kappa shape index (κ2) is 7.70. The van der Waals surface area contributed by atoms with E-state index in [0.717, 1.165) is 35.5 Å². The van der Waals surface area contributed by atoms with Crippen molar-refractivity contribution >= 4 is 23.2 Å². The fourth-order valence-corrected chi connectivity index (χ4v) is 3.31. The van der Waals surface area contributed by atoms with Gasteiger partial charge in [-0.2, -0.15) is 0 Å². The number of nitrogens with one attached hydrogen (secondary N) is 1. The van der Waals surface area contributed by atoms with Crippen LogP contribution in [0.5, 0.6) is 0 Å². The Hall–Kier alpha value is -2.66. The summed E-state index contributed by atoms with van der Waals surface area (Å²) in [6, 6.07) is 13.5. The minimum absolute atomic E-state index is 0.124. The van der Waals surface area contributed by atoms with Gasteiger partial charge in [-0.05, 0) is 62.0 Å². The van der Waals surface area contributed by atoms with Crippen molar-refractivity contribution in [3.63, 3.8) is 0 Å². The highest BCUT2D eigenvalue weighted by Gasteiger charge is 2.24. The van der Waals surface area contributed by atoms with Crippen LogP contribution < -0.4 is 10.2 Å². The quantitative estimate of drug-likeness (QED) is 0.899. The number of hydrogen-bond donors (Lipinski definition) is 1. The molecule has 2 amide bonds. The van der Waals surface area contributed by atoms with Gasteiger partial charge in [0.25, 0.3) is 5.91 Å². The molecule has 1 aliphatic rings. The highest BCUT2D eigenvalue weighted by Crippen LogP contribution is 2.29. The third kappa shape index (κ3) is 3.94. The number of benzene rings is 2. The molecule has 1 aliphatic heterocycles. The molecule has 1 heterocycles. The zero-order chi connectivity index (χ0) is 18.7. The minimum Gasteiger partial charge on any atom is -0.322 e. The summed E-state index contributed by atoms with van der Waals surface area (Å²) in [6.45, 7) is 3.38. The van der Waals surface area contributed by atoms with Crippen LogP contribution in [0.15, 0.2) is 42.5 Å². The maximum Gasteiger partial charge on any atom is 0.255 e. The molecule has 0 fully saturated rings. The molecule has 0 aliphatic carbocycles.